The minimum Gasteiger partial charge on any atom is -0.496 e. The third-order valence-electron chi connectivity index (χ3n) is 3.57. The molecule has 0 radical (unpaired) electrons. The summed E-state index contributed by atoms with van der Waals surface area (Å²) in [6, 6.07) is 5.82. The fraction of sp³-hybridized carbons (Fsp3) is 0.357. The first-order valence-electron chi connectivity index (χ1n) is 6.34. The van der Waals surface area contributed by atoms with Crippen LogP contribution < -0.4 is 15.4 Å². The van der Waals surface area contributed by atoms with Gasteiger partial charge in [0, 0.05) is 30.9 Å². The highest BCUT2D eigenvalue weighted by atomic mass is 16.5. The zero-order valence-electron chi connectivity index (χ0n) is 11.1. The average molecular weight is 259 g/mol. The summed E-state index contributed by atoms with van der Waals surface area (Å²) in [4.78, 5) is 2.25. The molecule has 0 saturated heterocycles. The van der Waals surface area contributed by atoms with Gasteiger partial charge < -0.3 is 19.9 Å². The second-order valence-electron chi connectivity index (χ2n) is 4.79. The molecule has 1 aliphatic rings. The lowest BCUT2D eigenvalue weighted by molar-refractivity contribution is 0.401. The van der Waals surface area contributed by atoms with E-state index in [4.69, 9.17) is 15.0 Å². The molecule has 0 saturated carbocycles. The van der Waals surface area contributed by atoms with Gasteiger partial charge in [-0.05, 0) is 25.0 Å². The van der Waals surface area contributed by atoms with E-state index < -0.39 is 0 Å². The Morgan fingerprint density at radius 3 is 2.95 bits per heavy atom. The third-order valence-corrected chi connectivity index (χ3v) is 3.57. The highest BCUT2D eigenvalue weighted by Crippen LogP contribution is 2.41. The second-order valence-corrected chi connectivity index (χ2v) is 4.79. The van der Waals surface area contributed by atoms with Crippen LogP contribution in [-0.4, -0.2) is 25.9 Å². The molecule has 1 aromatic carbocycles. The minimum absolute atomic E-state index is 0.381. The molecule has 5 nitrogen and oxygen atoms in total. The number of anilines is 2. The van der Waals surface area contributed by atoms with Crippen molar-refractivity contribution in [2.45, 2.75) is 12.8 Å². The maximum absolute atomic E-state index is 5.61. The van der Waals surface area contributed by atoms with Gasteiger partial charge in [0.15, 0.2) is 11.6 Å². The summed E-state index contributed by atoms with van der Waals surface area (Å²) < 4.78 is 10.8. The fourth-order valence-corrected chi connectivity index (χ4v) is 2.67. The Hall–Kier alpha value is -2.17. The van der Waals surface area contributed by atoms with Crippen LogP contribution in [0.25, 0.3) is 11.3 Å². The first kappa shape index (κ1) is 11.9. The maximum atomic E-state index is 5.61. The quantitative estimate of drug-likeness (QED) is 0.896. The van der Waals surface area contributed by atoms with Gasteiger partial charge in [-0.15, -0.1) is 0 Å². The number of rotatable bonds is 2. The Morgan fingerprint density at radius 1 is 1.42 bits per heavy atom. The van der Waals surface area contributed by atoms with Crippen LogP contribution in [-0.2, 0) is 6.42 Å². The Labute approximate surface area is 111 Å². The van der Waals surface area contributed by atoms with Gasteiger partial charge in [0.25, 0.3) is 0 Å². The number of hydrogen-bond donors (Lipinski definition) is 1. The van der Waals surface area contributed by atoms with Crippen LogP contribution in [0.4, 0.5) is 11.5 Å². The molecular weight excluding hydrogens is 242 g/mol. The topological polar surface area (TPSA) is 64.5 Å². The molecule has 0 amide bonds. The second kappa shape index (κ2) is 4.50. The van der Waals surface area contributed by atoms with E-state index in [1.165, 1.54) is 11.3 Å². The molecule has 0 spiro atoms. The molecule has 2 heterocycles. The number of nitrogen functional groups attached to an aromatic ring is 1. The van der Waals surface area contributed by atoms with Crippen molar-refractivity contribution in [3.8, 4) is 17.1 Å². The van der Waals surface area contributed by atoms with Crippen LogP contribution >= 0.6 is 0 Å². The lowest BCUT2D eigenvalue weighted by atomic mass is 9.97. The van der Waals surface area contributed by atoms with E-state index in [1.54, 1.807) is 13.2 Å². The van der Waals surface area contributed by atoms with Crippen molar-refractivity contribution < 1.29 is 9.26 Å². The summed E-state index contributed by atoms with van der Waals surface area (Å²) in [6.45, 7) is 1.07. The molecular formula is C14H17N3O2. The molecule has 0 unspecified atom stereocenters. The zero-order valence-corrected chi connectivity index (χ0v) is 11.1. The Kier molecular flexibility index (Phi) is 2.81. The Balaban J connectivity index is 2.16. The van der Waals surface area contributed by atoms with Crippen LogP contribution in [0.5, 0.6) is 5.75 Å². The van der Waals surface area contributed by atoms with E-state index in [9.17, 15) is 0 Å². The number of nitrogens with zero attached hydrogens (tertiary/aromatic N) is 2. The van der Waals surface area contributed by atoms with Gasteiger partial charge in [0.2, 0.25) is 0 Å². The number of nitrogens with two attached hydrogens (primary N) is 1. The number of benzene rings is 1. The monoisotopic (exact) mass is 259 g/mol. The SMILES string of the molecule is COc1c(-c2cc(N)no2)ccc2c1CCCN2C. The molecule has 0 atom stereocenters. The van der Waals surface area contributed by atoms with E-state index in [1.807, 2.05) is 6.07 Å². The fourth-order valence-electron chi connectivity index (χ4n) is 2.67. The lowest BCUT2D eigenvalue weighted by Crippen LogP contribution is -2.25. The van der Waals surface area contributed by atoms with Gasteiger partial charge in [0.05, 0.1) is 12.7 Å². The maximum Gasteiger partial charge on any atom is 0.172 e. The molecule has 2 aromatic rings. The van der Waals surface area contributed by atoms with E-state index >= 15 is 0 Å². The molecule has 19 heavy (non-hydrogen) atoms. The summed E-state index contributed by atoms with van der Waals surface area (Å²) in [5.74, 6) is 1.89. The average Bonchev–Trinajstić information content (AvgIpc) is 2.84. The van der Waals surface area contributed by atoms with Crippen LogP contribution in [0.15, 0.2) is 22.7 Å². The third kappa shape index (κ3) is 1.91. The summed E-state index contributed by atoms with van der Waals surface area (Å²) in [7, 11) is 3.79. The van der Waals surface area contributed by atoms with E-state index in [-0.39, 0.29) is 0 Å². The van der Waals surface area contributed by atoms with Gasteiger partial charge in [0.1, 0.15) is 5.75 Å². The van der Waals surface area contributed by atoms with Crippen LogP contribution in [0.1, 0.15) is 12.0 Å². The first-order valence-corrected chi connectivity index (χ1v) is 6.34. The summed E-state index contributed by atoms with van der Waals surface area (Å²) in [5, 5.41) is 3.73. The molecule has 0 fully saturated rings. The van der Waals surface area contributed by atoms with E-state index in [2.05, 4.69) is 23.2 Å². The van der Waals surface area contributed by atoms with Gasteiger partial charge in [-0.3, -0.25) is 0 Å². The number of hydrogen-bond acceptors (Lipinski definition) is 5. The largest absolute Gasteiger partial charge is 0.496 e. The first-order chi connectivity index (χ1) is 9.20. The number of aromatic nitrogens is 1. The van der Waals surface area contributed by atoms with Crippen molar-refractivity contribution in [3.05, 3.63) is 23.8 Å². The van der Waals surface area contributed by atoms with Crippen molar-refractivity contribution >= 4 is 11.5 Å². The molecule has 0 bridgehead atoms. The van der Waals surface area contributed by atoms with Gasteiger partial charge in [-0.1, -0.05) is 5.16 Å². The number of ether oxygens (including phenoxy) is 1. The van der Waals surface area contributed by atoms with Crippen molar-refractivity contribution in [3.63, 3.8) is 0 Å². The molecule has 0 aliphatic carbocycles. The zero-order chi connectivity index (χ0) is 13.4. The van der Waals surface area contributed by atoms with Crippen LogP contribution in [0.2, 0.25) is 0 Å². The van der Waals surface area contributed by atoms with Gasteiger partial charge in [-0.25, -0.2) is 0 Å². The molecule has 5 heteroatoms. The molecule has 1 aliphatic heterocycles. The van der Waals surface area contributed by atoms with Gasteiger partial charge >= 0.3 is 0 Å². The normalized spacial score (nSPS) is 14.3. The van der Waals surface area contributed by atoms with E-state index in [0.717, 1.165) is 30.7 Å². The van der Waals surface area contributed by atoms with Crippen molar-refractivity contribution in [2.24, 2.45) is 0 Å². The van der Waals surface area contributed by atoms with Gasteiger partial charge in [-0.2, -0.15) is 0 Å². The van der Waals surface area contributed by atoms with E-state index in [0.29, 0.717) is 11.6 Å². The number of methoxy groups -OCH3 is 1. The molecule has 100 valence electrons. The summed E-state index contributed by atoms with van der Waals surface area (Å²) in [6.07, 6.45) is 2.14. The molecule has 2 N–H and O–H groups in total. The minimum atomic E-state index is 0.381. The molecule has 3 rings (SSSR count). The lowest BCUT2D eigenvalue weighted by Gasteiger charge is -2.29. The van der Waals surface area contributed by atoms with Crippen LogP contribution in [0, 0.1) is 0 Å². The smallest absolute Gasteiger partial charge is 0.172 e. The standard InChI is InChI=1S/C14H17N3O2/c1-17-7-3-4-9-11(17)6-5-10(14(9)18-2)12-8-13(15)16-19-12/h5-6,8H,3-4,7H2,1-2H3,(H2,15,16). The van der Waals surface area contributed by atoms with Crippen molar-refractivity contribution in [2.75, 3.05) is 31.3 Å². The van der Waals surface area contributed by atoms with Crippen LogP contribution in [0.3, 0.4) is 0 Å². The predicted molar refractivity (Wildman–Crippen MR) is 74.5 cm³/mol. The highest BCUT2D eigenvalue weighted by Gasteiger charge is 2.22. The summed E-state index contributed by atoms with van der Waals surface area (Å²) >= 11 is 0. The predicted octanol–water partition coefficient (Wildman–Crippen LogP) is 2.31. The van der Waals surface area contributed by atoms with Crippen molar-refractivity contribution in [1.29, 1.82) is 0 Å². The Bertz CT molecular complexity index is 607. The summed E-state index contributed by atoms with van der Waals surface area (Å²) in [5.41, 5.74) is 8.96. The Morgan fingerprint density at radius 2 is 2.26 bits per heavy atom. The number of fused-ring (bicyclic) bond motifs is 1. The molecule has 1 aromatic heterocycles. The van der Waals surface area contributed by atoms with Crippen molar-refractivity contribution in [1.82, 2.24) is 5.16 Å². The highest BCUT2D eigenvalue weighted by molar-refractivity contribution is 5.75.